The van der Waals surface area contributed by atoms with Gasteiger partial charge in [0.2, 0.25) is 0 Å². The molecule has 2 saturated carbocycles. The Morgan fingerprint density at radius 3 is 2.78 bits per heavy atom. The van der Waals surface area contributed by atoms with Crippen LogP contribution in [-0.2, 0) is 14.5 Å². The van der Waals surface area contributed by atoms with Crippen LogP contribution in [0, 0.1) is 23.2 Å². The summed E-state index contributed by atoms with van der Waals surface area (Å²) in [6.45, 7) is 8.77. The lowest BCUT2D eigenvalue weighted by atomic mass is 9.60. The van der Waals surface area contributed by atoms with Crippen molar-refractivity contribution < 1.29 is 19.0 Å². The summed E-state index contributed by atoms with van der Waals surface area (Å²) in [6, 6.07) is 0. The van der Waals surface area contributed by atoms with Crippen LogP contribution in [0.15, 0.2) is 0 Å². The molecule has 3 rings (SSSR count). The third-order valence-corrected chi connectivity index (χ3v) is 6.93. The molecule has 3 aliphatic rings. The molecular weight excluding hydrogens is 295 g/mol. The second-order valence-corrected chi connectivity index (χ2v) is 9.24. The van der Waals surface area contributed by atoms with Crippen molar-refractivity contribution in [2.75, 3.05) is 6.61 Å². The lowest BCUT2D eigenvalue weighted by Crippen LogP contribution is -2.46. The molecule has 23 heavy (non-hydrogen) atoms. The van der Waals surface area contributed by atoms with Gasteiger partial charge in [-0.15, -0.1) is 0 Å². The van der Waals surface area contributed by atoms with Crippen molar-refractivity contribution in [2.45, 2.75) is 83.8 Å². The summed E-state index contributed by atoms with van der Waals surface area (Å²) in [5.74, 6) is 1.45. The van der Waals surface area contributed by atoms with Crippen LogP contribution in [0.4, 0.5) is 4.53 Å². The topological polar surface area (TPSA) is 35.5 Å². The summed E-state index contributed by atoms with van der Waals surface area (Å²) in [5.41, 5.74) is -0.842. The summed E-state index contributed by atoms with van der Waals surface area (Å²) in [4.78, 5) is 16.5. The smallest absolute Gasteiger partial charge is 0.136 e. The van der Waals surface area contributed by atoms with E-state index in [1.165, 1.54) is 0 Å². The Bertz CT molecular complexity index is 477. The minimum atomic E-state index is -0.748. The molecule has 2 aliphatic carbocycles. The first-order chi connectivity index (χ1) is 10.7. The van der Waals surface area contributed by atoms with Crippen molar-refractivity contribution in [1.82, 2.24) is 0 Å². The largest absolute Gasteiger partial charge is 0.375 e. The normalized spacial score (nSPS) is 44.6. The van der Waals surface area contributed by atoms with Gasteiger partial charge in [-0.3, -0.25) is 4.79 Å². The van der Waals surface area contributed by atoms with Crippen LogP contribution in [0.1, 0.15) is 72.6 Å². The van der Waals surface area contributed by atoms with Crippen LogP contribution < -0.4 is 0 Å². The first-order valence-corrected chi connectivity index (χ1v) is 9.17. The minimum Gasteiger partial charge on any atom is -0.375 e. The maximum atomic E-state index is 12.7. The second-order valence-electron chi connectivity index (χ2n) is 9.24. The number of carbonyl (C=O) groups excluding carboxylic acids is 1. The lowest BCUT2D eigenvalue weighted by Gasteiger charge is -2.46. The molecule has 0 N–H and O–H groups in total. The summed E-state index contributed by atoms with van der Waals surface area (Å²) < 4.78 is 19.0. The molecule has 0 aromatic carbocycles. The predicted molar refractivity (Wildman–Crippen MR) is 86.5 cm³/mol. The monoisotopic (exact) mass is 326 g/mol. The molecule has 0 aromatic rings. The fraction of sp³-hybridized carbons (Fsp3) is 0.947. The Balaban J connectivity index is 1.73. The Hall–Kier alpha value is -0.480. The minimum absolute atomic E-state index is 0.0884. The van der Waals surface area contributed by atoms with E-state index in [1.54, 1.807) is 13.8 Å². The quantitative estimate of drug-likeness (QED) is 0.755. The molecule has 0 bridgehead atoms. The molecule has 3 nitrogen and oxygen atoms in total. The third-order valence-electron chi connectivity index (χ3n) is 6.93. The van der Waals surface area contributed by atoms with Crippen LogP contribution in [0.5, 0.6) is 0 Å². The van der Waals surface area contributed by atoms with Gasteiger partial charge in [-0.05, 0) is 81.1 Å². The highest BCUT2D eigenvalue weighted by Gasteiger charge is 2.58. The average Bonchev–Trinajstić information content (AvgIpc) is 3.01. The number of halogens is 1. The Morgan fingerprint density at radius 2 is 2.09 bits per heavy atom. The van der Waals surface area contributed by atoms with E-state index < -0.39 is 5.60 Å². The van der Waals surface area contributed by atoms with E-state index in [-0.39, 0.29) is 16.9 Å². The molecule has 132 valence electrons. The summed E-state index contributed by atoms with van der Waals surface area (Å²) in [5, 5.41) is 0. The Morgan fingerprint density at radius 1 is 1.35 bits per heavy atom. The number of Topliss-reactive ketones (excluding diaryl/α,β-unsaturated/α-hetero) is 1. The van der Waals surface area contributed by atoms with Gasteiger partial charge in [0.05, 0.1) is 12.2 Å². The van der Waals surface area contributed by atoms with Crippen molar-refractivity contribution >= 4 is 5.78 Å². The molecule has 0 aromatic heterocycles. The van der Waals surface area contributed by atoms with Gasteiger partial charge in [-0.1, -0.05) is 6.92 Å². The van der Waals surface area contributed by atoms with Crippen LogP contribution in [0.25, 0.3) is 0 Å². The van der Waals surface area contributed by atoms with E-state index in [1.807, 2.05) is 0 Å². The maximum Gasteiger partial charge on any atom is 0.136 e. The fourth-order valence-electron chi connectivity index (χ4n) is 6.03. The SMILES string of the molecule is CC(C)(C[C@H]1CO[C@](C)(C2CCC3C(=O)CCC[C@@]32C)C1)OF. The molecule has 0 amide bonds. The highest BCUT2D eigenvalue weighted by atomic mass is 19.3. The van der Waals surface area contributed by atoms with E-state index in [9.17, 15) is 9.32 Å². The summed E-state index contributed by atoms with van der Waals surface area (Å²) in [7, 11) is 0. The highest BCUT2D eigenvalue weighted by molar-refractivity contribution is 5.83. The lowest BCUT2D eigenvalue weighted by molar-refractivity contribution is -0.228. The van der Waals surface area contributed by atoms with Gasteiger partial charge in [0, 0.05) is 12.3 Å². The van der Waals surface area contributed by atoms with Gasteiger partial charge in [-0.25, -0.2) is 0 Å². The maximum absolute atomic E-state index is 12.7. The van der Waals surface area contributed by atoms with Gasteiger partial charge in [0.1, 0.15) is 11.4 Å². The number of carbonyl (C=O) groups is 1. The van der Waals surface area contributed by atoms with Gasteiger partial charge in [-0.2, -0.15) is 4.94 Å². The van der Waals surface area contributed by atoms with Crippen LogP contribution in [0.2, 0.25) is 0 Å². The summed E-state index contributed by atoms with van der Waals surface area (Å²) in [6.07, 6.45) is 6.63. The van der Waals surface area contributed by atoms with E-state index in [0.29, 0.717) is 30.6 Å². The fourth-order valence-corrected chi connectivity index (χ4v) is 6.03. The molecule has 3 fully saturated rings. The van der Waals surface area contributed by atoms with Gasteiger partial charge in [0.25, 0.3) is 0 Å². The van der Waals surface area contributed by atoms with Crippen molar-refractivity contribution in [2.24, 2.45) is 23.2 Å². The average molecular weight is 326 g/mol. The van der Waals surface area contributed by atoms with Crippen molar-refractivity contribution in [1.29, 1.82) is 0 Å². The molecule has 5 atom stereocenters. The number of ether oxygens (including phenoxy) is 1. The number of hydrogen-bond donors (Lipinski definition) is 0. The van der Waals surface area contributed by atoms with Gasteiger partial charge < -0.3 is 4.74 Å². The van der Waals surface area contributed by atoms with Crippen LogP contribution in [0.3, 0.4) is 0 Å². The third kappa shape index (κ3) is 2.97. The van der Waals surface area contributed by atoms with Gasteiger partial charge in [0.15, 0.2) is 0 Å². The van der Waals surface area contributed by atoms with Crippen molar-refractivity contribution in [3.05, 3.63) is 0 Å². The van der Waals surface area contributed by atoms with E-state index in [2.05, 4.69) is 18.8 Å². The number of fused-ring (bicyclic) bond motifs is 1. The molecule has 4 heteroatoms. The predicted octanol–water partition coefficient (Wildman–Crippen LogP) is 4.64. The molecular formula is C19H31FO3. The number of ketones is 1. The van der Waals surface area contributed by atoms with Crippen LogP contribution in [-0.4, -0.2) is 23.6 Å². The first-order valence-electron chi connectivity index (χ1n) is 9.17. The molecule has 0 radical (unpaired) electrons. The molecule has 1 aliphatic heterocycles. The highest BCUT2D eigenvalue weighted by Crippen LogP contribution is 2.60. The molecule has 0 spiro atoms. The van der Waals surface area contributed by atoms with E-state index in [4.69, 9.17) is 4.74 Å². The molecule has 1 heterocycles. The zero-order chi connectivity index (χ0) is 16.9. The molecule has 1 saturated heterocycles. The first kappa shape index (κ1) is 17.3. The van der Waals surface area contributed by atoms with Crippen molar-refractivity contribution in [3.63, 3.8) is 0 Å². The standard InChI is InChI=1S/C19H31FO3/c1-17(2,23-20)10-13-11-19(4,22-12-13)16-8-7-14-15(21)6-5-9-18(14,16)3/h13-14,16H,5-12H2,1-4H3/t13-,14?,16?,18+,19+/m1/s1. The number of rotatable bonds is 4. The van der Waals surface area contributed by atoms with Crippen LogP contribution >= 0.6 is 0 Å². The zero-order valence-electron chi connectivity index (χ0n) is 15.0. The Kier molecular flexibility index (Phi) is 4.38. The Labute approximate surface area is 139 Å². The van der Waals surface area contributed by atoms with E-state index in [0.717, 1.165) is 38.5 Å². The number of hydrogen-bond acceptors (Lipinski definition) is 3. The second kappa shape index (κ2) is 5.80. The summed E-state index contributed by atoms with van der Waals surface area (Å²) >= 11 is 0. The van der Waals surface area contributed by atoms with Crippen molar-refractivity contribution in [3.8, 4) is 0 Å². The van der Waals surface area contributed by atoms with E-state index >= 15 is 0 Å². The molecule has 2 unspecified atom stereocenters. The van der Waals surface area contributed by atoms with Gasteiger partial charge >= 0.3 is 0 Å². The zero-order valence-corrected chi connectivity index (χ0v) is 15.0.